The average molecular weight is 196 g/mol. The number of thioether (sulfide) groups is 1. The minimum Gasteiger partial charge on any atom is -0.292 e. The average Bonchev–Trinajstić information content (AvgIpc) is 2.15. The van der Waals surface area contributed by atoms with Gasteiger partial charge in [0.1, 0.15) is 0 Å². The topological polar surface area (TPSA) is 17.1 Å². The minimum absolute atomic E-state index is 0.538. The zero-order valence-electron chi connectivity index (χ0n) is 7.16. The lowest BCUT2D eigenvalue weighted by atomic mass is 10.4. The second-order valence-electron chi connectivity index (χ2n) is 2.45. The third-order valence-electron chi connectivity index (χ3n) is 1.38. The van der Waals surface area contributed by atoms with Gasteiger partial charge in [-0.1, -0.05) is 30.0 Å². The van der Waals surface area contributed by atoms with Crippen LogP contribution in [0.4, 0.5) is 4.39 Å². The van der Waals surface area contributed by atoms with Crippen LogP contribution in [0, 0.1) is 0 Å². The van der Waals surface area contributed by atoms with Gasteiger partial charge in [0.15, 0.2) is 11.6 Å². The Balaban J connectivity index is 2.62. The van der Waals surface area contributed by atoms with E-state index in [0.717, 1.165) is 4.90 Å². The molecule has 0 spiro atoms. The molecule has 0 aliphatic rings. The van der Waals surface area contributed by atoms with Gasteiger partial charge >= 0.3 is 0 Å². The van der Waals surface area contributed by atoms with E-state index in [1.54, 1.807) is 0 Å². The van der Waals surface area contributed by atoms with Crippen molar-refractivity contribution < 1.29 is 9.18 Å². The fourth-order valence-electron chi connectivity index (χ4n) is 0.702. The third-order valence-corrected chi connectivity index (χ3v) is 2.25. The van der Waals surface area contributed by atoms with E-state index in [2.05, 4.69) is 0 Å². The van der Waals surface area contributed by atoms with Crippen LogP contribution in [-0.4, -0.2) is 5.78 Å². The summed E-state index contributed by atoms with van der Waals surface area (Å²) in [5.74, 6) is -1.24. The number of halogens is 1. The molecule has 0 saturated heterocycles. The number of allylic oxidation sites excluding steroid dienone is 1. The number of ketones is 1. The van der Waals surface area contributed by atoms with Crippen LogP contribution >= 0.6 is 11.8 Å². The van der Waals surface area contributed by atoms with Gasteiger partial charge in [0.25, 0.3) is 0 Å². The normalized spacial score (nSPS) is 11.4. The van der Waals surface area contributed by atoms with Gasteiger partial charge in [-0.05, 0) is 12.1 Å². The van der Waals surface area contributed by atoms with Gasteiger partial charge in [-0.25, -0.2) is 4.39 Å². The number of Topliss-reactive ketones (excluding diaryl/α,β-unsaturated/α-hetero) is 1. The Labute approximate surface area is 80.7 Å². The summed E-state index contributed by atoms with van der Waals surface area (Å²) >= 11 is 1.20. The molecule has 0 atom stereocenters. The van der Waals surface area contributed by atoms with Crippen LogP contribution in [0.1, 0.15) is 6.92 Å². The summed E-state index contributed by atoms with van der Waals surface area (Å²) in [6.45, 7) is 1.21. The molecule has 1 rings (SSSR count). The SMILES string of the molecule is CC(=O)/C(F)=C\Sc1ccccc1. The molecular weight excluding hydrogens is 187 g/mol. The summed E-state index contributed by atoms with van der Waals surface area (Å²) in [6, 6.07) is 9.32. The summed E-state index contributed by atoms with van der Waals surface area (Å²) in [5.41, 5.74) is 0. The molecule has 1 nitrogen and oxygen atoms in total. The quantitative estimate of drug-likeness (QED) is 0.545. The van der Waals surface area contributed by atoms with Crippen LogP contribution in [0.15, 0.2) is 46.5 Å². The smallest absolute Gasteiger partial charge is 0.188 e. The molecule has 1 aromatic carbocycles. The van der Waals surface area contributed by atoms with Gasteiger partial charge in [0.2, 0.25) is 0 Å². The highest BCUT2D eigenvalue weighted by atomic mass is 32.2. The van der Waals surface area contributed by atoms with E-state index in [-0.39, 0.29) is 0 Å². The van der Waals surface area contributed by atoms with Gasteiger partial charge in [0, 0.05) is 17.2 Å². The first-order valence-corrected chi connectivity index (χ1v) is 4.66. The van der Waals surface area contributed by atoms with E-state index in [0.29, 0.717) is 0 Å². The maximum Gasteiger partial charge on any atom is 0.188 e. The number of rotatable bonds is 3. The van der Waals surface area contributed by atoms with E-state index in [4.69, 9.17) is 0 Å². The number of benzene rings is 1. The number of hydrogen-bond acceptors (Lipinski definition) is 2. The fraction of sp³-hybridized carbons (Fsp3) is 0.100. The third kappa shape index (κ3) is 3.42. The van der Waals surface area contributed by atoms with E-state index in [1.807, 2.05) is 30.3 Å². The summed E-state index contributed by atoms with van der Waals surface area (Å²) in [5, 5.41) is 1.22. The van der Waals surface area contributed by atoms with E-state index >= 15 is 0 Å². The van der Waals surface area contributed by atoms with Crippen LogP contribution in [0.5, 0.6) is 0 Å². The first-order valence-electron chi connectivity index (χ1n) is 3.78. The van der Waals surface area contributed by atoms with Crippen LogP contribution in [0.3, 0.4) is 0 Å². The molecule has 0 radical (unpaired) electrons. The molecule has 0 aliphatic heterocycles. The monoisotopic (exact) mass is 196 g/mol. The molecule has 3 heteroatoms. The lowest BCUT2D eigenvalue weighted by Gasteiger charge is -1.94. The highest BCUT2D eigenvalue weighted by Gasteiger charge is 2.00. The summed E-state index contributed by atoms with van der Waals surface area (Å²) in [7, 11) is 0. The van der Waals surface area contributed by atoms with Crippen molar-refractivity contribution in [1.29, 1.82) is 0 Å². The maximum absolute atomic E-state index is 12.7. The van der Waals surface area contributed by atoms with Crippen molar-refractivity contribution in [2.45, 2.75) is 11.8 Å². The second kappa shape index (κ2) is 4.82. The summed E-state index contributed by atoms with van der Waals surface area (Å²) in [4.78, 5) is 11.4. The zero-order valence-corrected chi connectivity index (χ0v) is 7.98. The van der Waals surface area contributed by atoms with E-state index in [1.165, 1.54) is 24.1 Å². The Bertz CT molecular complexity index is 319. The second-order valence-corrected chi connectivity index (χ2v) is 3.40. The zero-order chi connectivity index (χ0) is 9.68. The Morgan fingerprint density at radius 1 is 1.38 bits per heavy atom. The van der Waals surface area contributed by atoms with E-state index in [9.17, 15) is 9.18 Å². The van der Waals surface area contributed by atoms with Gasteiger partial charge < -0.3 is 0 Å². The van der Waals surface area contributed by atoms with Crippen molar-refractivity contribution in [3.8, 4) is 0 Å². The number of carbonyl (C=O) groups is 1. The Morgan fingerprint density at radius 3 is 2.54 bits per heavy atom. The molecule has 0 N–H and O–H groups in total. The van der Waals surface area contributed by atoms with Crippen molar-refractivity contribution in [2.75, 3.05) is 0 Å². The molecule has 0 aromatic heterocycles. The first-order chi connectivity index (χ1) is 6.20. The Kier molecular flexibility index (Phi) is 3.71. The first kappa shape index (κ1) is 9.99. The Hall–Kier alpha value is -1.09. The van der Waals surface area contributed by atoms with Crippen LogP contribution in [0.2, 0.25) is 0 Å². The molecule has 68 valence electrons. The largest absolute Gasteiger partial charge is 0.292 e. The summed E-state index contributed by atoms with van der Waals surface area (Å²) in [6.07, 6.45) is 0. The molecule has 0 fully saturated rings. The molecule has 1 aromatic rings. The molecule has 0 amide bonds. The molecule has 0 bridgehead atoms. The molecular formula is C10H9FOS. The maximum atomic E-state index is 12.7. The fourth-order valence-corrected chi connectivity index (χ4v) is 1.42. The van der Waals surface area contributed by atoms with Gasteiger partial charge in [0.05, 0.1) is 0 Å². The van der Waals surface area contributed by atoms with Gasteiger partial charge in [-0.15, -0.1) is 0 Å². The van der Waals surface area contributed by atoms with Crippen molar-refractivity contribution in [2.24, 2.45) is 0 Å². The standard InChI is InChI=1S/C10H9FOS/c1-8(12)10(11)7-13-9-5-3-2-4-6-9/h2-7H,1H3/b10-7+. The van der Waals surface area contributed by atoms with Gasteiger partial charge in [-0.3, -0.25) is 4.79 Å². The summed E-state index contributed by atoms with van der Waals surface area (Å²) < 4.78 is 12.7. The van der Waals surface area contributed by atoms with Crippen LogP contribution < -0.4 is 0 Å². The molecule has 0 saturated carbocycles. The van der Waals surface area contributed by atoms with Crippen molar-refractivity contribution in [3.05, 3.63) is 41.6 Å². The predicted molar refractivity (Wildman–Crippen MR) is 52.2 cm³/mol. The van der Waals surface area contributed by atoms with Crippen molar-refractivity contribution in [1.82, 2.24) is 0 Å². The number of hydrogen-bond donors (Lipinski definition) is 0. The predicted octanol–water partition coefficient (Wildman–Crippen LogP) is 3.18. The van der Waals surface area contributed by atoms with Gasteiger partial charge in [-0.2, -0.15) is 0 Å². The van der Waals surface area contributed by atoms with Crippen molar-refractivity contribution in [3.63, 3.8) is 0 Å². The molecule has 0 unspecified atom stereocenters. The van der Waals surface area contributed by atoms with Crippen LogP contribution in [-0.2, 0) is 4.79 Å². The van der Waals surface area contributed by atoms with Crippen molar-refractivity contribution >= 4 is 17.5 Å². The highest BCUT2D eigenvalue weighted by molar-refractivity contribution is 8.02. The lowest BCUT2D eigenvalue weighted by molar-refractivity contribution is -0.114. The lowest BCUT2D eigenvalue weighted by Crippen LogP contribution is -1.87. The number of carbonyl (C=O) groups excluding carboxylic acids is 1. The molecule has 0 heterocycles. The molecule has 0 aliphatic carbocycles. The Morgan fingerprint density at radius 2 is 2.00 bits per heavy atom. The van der Waals surface area contributed by atoms with E-state index < -0.39 is 11.6 Å². The van der Waals surface area contributed by atoms with Crippen LogP contribution in [0.25, 0.3) is 0 Å². The molecule has 13 heavy (non-hydrogen) atoms. The minimum atomic E-state index is -0.700. The highest BCUT2D eigenvalue weighted by Crippen LogP contribution is 2.20.